The average molecular weight is 269 g/mol. The number of carboxylic acid groups (broad SMARTS) is 1. The van der Waals surface area contributed by atoms with Gasteiger partial charge in [0.25, 0.3) is 5.91 Å². The van der Waals surface area contributed by atoms with Crippen LogP contribution in [0.25, 0.3) is 0 Å². The number of hydrogen-bond donors (Lipinski definition) is 1. The second-order valence-corrected chi connectivity index (χ2v) is 4.58. The van der Waals surface area contributed by atoms with Crippen molar-refractivity contribution in [3.05, 3.63) is 58.9 Å². The highest BCUT2D eigenvalue weighted by atomic mass is 16.4. The summed E-state index contributed by atoms with van der Waals surface area (Å²) in [6.07, 6.45) is 2.90. The number of nitrogens with zero attached hydrogens (tertiary/aromatic N) is 3. The minimum absolute atomic E-state index is 0.132. The van der Waals surface area contributed by atoms with E-state index >= 15 is 0 Å². The Morgan fingerprint density at radius 1 is 1.05 bits per heavy atom. The summed E-state index contributed by atoms with van der Waals surface area (Å²) < 4.78 is 0. The van der Waals surface area contributed by atoms with Gasteiger partial charge < -0.3 is 10.0 Å². The summed E-state index contributed by atoms with van der Waals surface area (Å²) in [5.41, 5.74) is 2.57. The number of hydrogen-bond acceptors (Lipinski definition) is 4. The lowest BCUT2D eigenvalue weighted by molar-refractivity contribution is 0.0696. The Kier molecular flexibility index (Phi) is 2.90. The first-order valence-electron chi connectivity index (χ1n) is 6.06. The number of carbonyl (C=O) groups is 2. The Bertz CT molecular complexity index is 685. The van der Waals surface area contributed by atoms with Crippen molar-refractivity contribution < 1.29 is 14.7 Å². The van der Waals surface area contributed by atoms with E-state index in [9.17, 15) is 9.59 Å². The Hall–Kier alpha value is -2.76. The summed E-state index contributed by atoms with van der Waals surface area (Å²) in [5, 5.41) is 16.3. The van der Waals surface area contributed by atoms with Crippen LogP contribution in [0.2, 0.25) is 0 Å². The molecule has 0 atom stereocenters. The predicted octanol–water partition coefficient (Wildman–Crippen LogP) is 1.33. The molecule has 1 aliphatic rings. The molecule has 0 bridgehead atoms. The molecule has 2 heterocycles. The van der Waals surface area contributed by atoms with Crippen LogP contribution < -0.4 is 0 Å². The highest BCUT2D eigenvalue weighted by Crippen LogP contribution is 2.25. The number of carboxylic acids is 1. The maximum atomic E-state index is 12.3. The largest absolute Gasteiger partial charge is 0.478 e. The first-order chi connectivity index (χ1) is 9.65. The maximum Gasteiger partial charge on any atom is 0.335 e. The van der Waals surface area contributed by atoms with Crippen LogP contribution in [-0.2, 0) is 13.1 Å². The Morgan fingerprint density at radius 3 is 2.55 bits per heavy atom. The molecule has 0 saturated carbocycles. The van der Waals surface area contributed by atoms with Crippen molar-refractivity contribution in [2.24, 2.45) is 0 Å². The summed E-state index contributed by atoms with van der Waals surface area (Å²) in [6.45, 7) is 0.897. The van der Waals surface area contributed by atoms with Gasteiger partial charge in [0.2, 0.25) is 0 Å². The topological polar surface area (TPSA) is 83.4 Å². The minimum atomic E-state index is -0.962. The molecule has 0 unspecified atom stereocenters. The Balaban J connectivity index is 1.84. The van der Waals surface area contributed by atoms with E-state index in [2.05, 4.69) is 10.2 Å². The second-order valence-electron chi connectivity index (χ2n) is 4.58. The van der Waals surface area contributed by atoms with Crippen molar-refractivity contribution in [1.29, 1.82) is 0 Å². The van der Waals surface area contributed by atoms with E-state index in [4.69, 9.17) is 5.11 Å². The number of aromatic carboxylic acids is 1. The van der Waals surface area contributed by atoms with Gasteiger partial charge >= 0.3 is 5.97 Å². The van der Waals surface area contributed by atoms with Gasteiger partial charge in [0.1, 0.15) is 0 Å². The molecule has 0 aliphatic carbocycles. The third-order valence-corrected chi connectivity index (χ3v) is 3.29. The number of rotatable bonds is 2. The zero-order valence-corrected chi connectivity index (χ0v) is 10.5. The van der Waals surface area contributed by atoms with Crippen LogP contribution in [0.4, 0.5) is 0 Å². The fourth-order valence-corrected chi connectivity index (χ4v) is 2.27. The van der Waals surface area contributed by atoms with Gasteiger partial charge in [0.05, 0.1) is 23.5 Å². The third-order valence-electron chi connectivity index (χ3n) is 3.29. The molecule has 1 N–H and O–H groups in total. The molecular weight excluding hydrogens is 258 g/mol. The molecule has 0 radical (unpaired) electrons. The lowest BCUT2D eigenvalue weighted by atomic mass is 10.1. The van der Waals surface area contributed by atoms with Crippen LogP contribution >= 0.6 is 0 Å². The first-order valence-corrected chi connectivity index (χ1v) is 6.06. The highest BCUT2D eigenvalue weighted by Gasteiger charge is 2.25. The lowest BCUT2D eigenvalue weighted by Crippen LogP contribution is -2.25. The SMILES string of the molecule is O=C(O)c1ccc2c(c1)CN(C(=O)c1ccnnc1)C2. The van der Waals surface area contributed by atoms with E-state index in [1.165, 1.54) is 12.4 Å². The molecular formula is C14H11N3O3. The summed E-state index contributed by atoms with van der Waals surface area (Å²) >= 11 is 0. The van der Waals surface area contributed by atoms with Crippen LogP contribution in [0.3, 0.4) is 0 Å². The number of fused-ring (bicyclic) bond motifs is 1. The molecule has 0 spiro atoms. The van der Waals surface area contributed by atoms with E-state index < -0.39 is 5.97 Å². The van der Waals surface area contributed by atoms with Crippen LogP contribution in [0.1, 0.15) is 31.8 Å². The van der Waals surface area contributed by atoms with Gasteiger partial charge in [0, 0.05) is 13.1 Å². The molecule has 1 amide bonds. The summed E-state index contributed by atoms with van der Waals surface area (Å²) in [5.74, 6) is -1.09. The van der Waals surface area contributed by atoms with Gasteiger partial charge in [-0.3, -0.25) is 4.79 Å². The number of carbonyl (C=O) groups excluding carboxylic acids is 1. The molecule has 1 aliphatic heterocycles. The predicted molar refractivity (Wildman–Crippen MR) is 69.0 cm³/mol. The third kappa shape index (κ3) is 2.11. The fraction of sp³-hybridized carbons (Fsp3) is 0.143. The van der Waals surface area contributed by atoms with Crippen molar-refractivity contribution in [2.75, 3.05) is 0 Å². The lowest BCUT2D eigenvalue weighted by Gasteiger charge is -2.14. The molecule has 2 aromatic rings. The van der Waals surface area contributed by atoms with Crippen molar-refractivity contribution in [2.45, 2.75) is 13.1 Å². The quantitative estimate of drug-likeness (QED) is 0.889. The van der Waals surface area contributed by atoms with Crippen LogP contribution in [0, 0.1) is 0 Å². The zero-order valence-electron chi connectivity index (χ0n) is 10.5. The van der Waals surface area contributed by atoms with E-state index in [-0.39, 0.29) is 11.5 Å². The molecule has 1 aromatic carbocycles. The van der Waals surface area contributed by atoms with Crippen LogP contribution in [0.15, 0.2) is 36.7 Å². The van der Waals surface area contributed by atoms with Gasteiger partial charge in [-0.25, -0.2) is 4.79 Å². The van der Waals surface area contributed by atoms with Crippen molar-refractivity contribution in [3.8, 4) is 0 Å². The molecule has 0 saturated heterocycles. The normalized spacial score (nSPS) is 13.1. The van der Waals surface area contributed by atoms with Gasteiger partial charge in [0.15, 0.2) is 0 Å². The van der Waals surface area contributed by atoms with Gasteiger partial charge in [-0.1, -0.05) is 6.07 Å². The van der Waals surface area contributed by atoms with Gasteiger partial charge in [-0.2, -0.15) is 10.2 Å². The van der Waals surface area contributed by atoms with Crippen molar-refractivity contribution in [1.82, 2.24) is 15.1 Å². The monoisotopic (exact) mass is 269 g/mol. The maximum absolute atomic E-state index is 12.3. The number of benzene rings is 1. The van der Waals surface area contributed by atoms with E-state index in [1.807, 2.05) is 0 Å². The molecule has 1 aromatic heterocycles. The highest BCUT2D eigenvalue weighted by molar-refractivity contribution is 5.94. The Morgan fingerprint density at radius 2 is 1.85 bits per heavy atom. The minimum Gasteiger partial charge on any atom is -0.478 e. The van der Waals surface area contributed by atoms with Crippen LogP contribution in [-0.4, -0.2) is 32.1 Å². The average Bonchev–Trinajstić information content (AvgIpc) is 2.90. The van der Waals surface area contributed by atoms with Gasteiger partial charge in [-0.15, -0.1) is 0 Å². The smallest absolute Gasteiger partial charge is 0.335 e. The molecule has 0 fully saturated rings. The first kappa shape index (κ1) is 12.3. The van der Waals surface area contributed by atoms with Gasteiger partial charge in [-0.05, 0) is 29.3 Å². The van der Waals surface area contributed by atoms with Crippen molar-refractivity contribution >= 4 is 11.9 Å². The van der Waals surface area contributed by atoms with E-state index in [0.717, 1.165) is 11.1 Å². The molecule has 6 heteroatoms. The summed E-state index contributed by atoms with van der Waals surface area (Å²) in [6, 6.07) is 6.55. The van der Waals surface area contributed by atoms with Crippen LogP contribution in [0.5, 0.6) is 0 Å². The zero-order chi connectivity index (χ0) is 14.1. The molecule has 3 rings (SSSR count). The number of aromatic nitrogens is 2. The molecule has 20 heavy (non-hydrogen) atoms. The molecule has 6 nitrogen and oxygen atoms in total. The molecule has 100 valence electrons. The summed E-state index contributed by atoms with van der Waals surface area (Å²) in [4.78, 5) is 24.9. The standard InChI is InChI=1S/C14H11N3O3/c18-13(10-3-4-15-16-6-10)17-7-11-2-1-9(14(19)20)5-12(11)8-17/h1-6H,7-8H2,(H,19,20). The summed E-state index contributed by atoms with van der Waals surface area (Å²) in [7, 11) is 0. The van der Waals surface area contributed by atoms with Crippen molar-refractivity contribution in [3.63, 3.8) is 0 Å². The van der Waals surface area contributed by atoms with E-state index in [0.29, 0.717) is 18.7 Å². The fourth-order valence-electron chi connectivity index (χ4n) is 2.27. The number of amides is 1. The second kappa shape index (κ2) is 4.73. The van der Waals surface area contributed by atoms with E-state index in [1.54, 1.807) is 29.2 Å². The Labute approximate surface area is 114 Å².